The summed E-state index contributed by atoms with van der Waals surface area (Å²) < 4.78 is 40.4. The third kappa shape index (κ3) is 6.30. The largest absolute Gasteiger partial charge is 0.495 e. The molecule has 2 aliphatic heterocycles. The zero-order chi connectivity index (χ0) is 25.7. The number of hydrazine groups is 1. The molecule has 0 radical (unpaired) electrons. The fraction of sp³-hybridized carbons (Fsp3) is 0.375. The Morgan fingerprint density at radius 2 is 1.86 bits per heavy atom. The van der Waals surface area contributed by atoms with Gasteiger partial charge in [0.25, 0.3) is 0 Å². The van der Waals surface area contributed by atoms with Crippen LogP contribution in [0.3, 0.4) is 0 Å². The van der Waals surface area contributed by atoms with Crippen molar-refractivity contribution >= 4 is 49.0 Å². The van der Waals surface area contributed by atoms with E-state index in [1.165, 1.54) is 0 Å². The van der Waals surface area contributed by atoms with Crippen LogP contribution in [0.1, 0.15) is 13.8 Å². The summed E-state index contributed by atoms with van der Waals surface area (Å²) in [5, 5.41) is 5.11. The number of ether oxygens (including phenoxy) is 2. The monoisotopic (exact) mass is 578 g/mol. The molecule has 1 fully saturated rings. The highest BCUT2D eigenvalue weighted by Gasteiger charge is 2.24. The molecule has 36 heavy (non-hydrogen) atoms. The Balaban J connectivity index is 1.62. The van der Waals surface area contributed by atoms with E-state index < -0.39 is 10.0 Å². The van der Waals surface area contributed by atoms with Gasteiger partial charge in [0.15, 0.2) is 0 Å². The van der Waals surface area contributed by atoms with Crippen molar-refractivity contribution in [2.45, 2.75) is 24.8 Å². The summed E-state index contributed by atoms with van der Waals surface area (Å²) in [6.07, 6.45) is 1.71. The van der Waals surface area contributed by atoms with Gasteiger partial charge in [0.1, 0.15) is 10.6 Å². The Labute approximate surface area is 220 Å². The summed E-state index contributed by atoms with van der Waals surface area (Å²) in [4.78, 5) is 6.95. The number of rotatable bonds is 8. The second-order valence-corrected chi connectivity index (χ2v) is 11.3. The van der Waals surface area contributed by atoms with Gasteiger partial charge < -0.3 is 19.7 Å². The Bertz CT molecular complexity index is 1240. The van der Waals surface area contributed by atoms with Crippen LogP contribution in [0.15, 0.2) is 63.0 Å². The lowest BCUT2D eigenvalue weighted by molar-refractivity contribution is 0.122. The highest BCUT2D eigenvalue weighted by Crippen LogP contribution is 2.31. The lowest BCUT2D eigenvalue weighted by Gasteiger charge is -2.32. The van der Waals surface area contributed by atoms with E-state index in [9.17, 15) is 8.42 Å². The van der Waals surface area contributed by atoms with Gasteiger partial charge >= 0.3 is 0 Å². The minimum Gasteiger partial charge on any atom is -0.495 e. The van der Waals surface area contributed by atoms with Crippen LogP contribution >= 0.6 is 15.9 Å². The van der Waals surface area contributed by atoms with Gasteiger partial charge in [0.05, 0.1) is 38.2 Å². The van der Waals surface area contributed by atoms with E-state index in [1.54, 1.807) is 56.4 Å². The molecule has 0 unspecified atom stereocenters. The molecule has 0 bridgehead atoms. The van der Waals surface area contributed by atoms with Crippen LogP contribution in [-0.2, 0) is 14.8 Å². The second kappa shape index (κ2) is 11.5. The van der Waals surface area contributed by atoms with E-state index in [0.717, 1.165) is 28.9 Å². The number of guanidine groups is 1. The van der Waals surface area contributed by atoms with Crippen LogP contribution in [0.2, 0.25) is 0 Å². The number of hydrogen-bond acceptors (Lipinski definition) is 9. The second-order valence-electron chi connectivity index (χ2n) is 8.61. The predicted molar refractivity (Wildman–Crippen MR) is 146 cm³/mol. The molecule has 2 aliphatic rings. The molecular formula is C24H31BrN6O4S. The van der Waals surface area contributed by atoms with Crippen LogP contribution in [0, 0.1) is 0 Å². The SMILES string of the molecule is COc1ccc(N2CCOCC2)cc1NC1=NC=C(Br)CN1Nc1ccccc1S(=O)(=O)NC(C)C. The minimum atomic E-state index is -3.72. The highest BCUT2D eigenvalue weighted by atomic mass is 79.9. The van der Waals surface area contributed by atoms with Crippen molar-refractivity contribution < 1.29 is 17.9 Å². The molecule has 0 aromatic heterocycles. The molecule has 0 atom stereocenters. The van der Waals surface area contributed by atoms with Gasteiger partial charge in [0.2, 0.25) is 16.0 Å². The van der Waals surface area contributed by atoms with Gasteiger partial charge in [-0.05, 0) is 44.2 Å². The van der Waals surface area contributed by atoms with E-state index >= 15 is 0 Å². The summed E-state index contributed by atoms with van der Waals surface area (Å²) in [5.74, 6) is 1.15. The molecule has 0 saturated carbocycles. The summed E-state index contributed by atoms with van der Waals surface area (Å²) in [6, 6.07) is 12.5. The topological polar surface area (TPSA) is 108 Å². The highest BCUT2D eigenvalue weighted by molar-refractivity contribution is 9.11. The number of methoxy groups -OCH3 is 1. The number of para-hydroxylation sites is 1. The average molecular weight is 580 g/mol. The molecule has 12 heteroatoms. The number of aliphatic imine (C=N–C) groups is 1. The van der Waals surface area contributed by atoms with Crippen LogP contribution in [-0.4, -0.2) is 65.4 Å². The van der Waals surface area contributed by atoms with Crippen molar-refractivity contribution in [1.29, 1.82) is 0 Å². The third-order valence-electron chi connectivity index (χ3n) is 5.52. The van der Waals surface area contributed by atoms with Gasteiger partial charge in [-0.15, -0.1) is 0 Å². The average Bonchev–Trinajstić information content (AvgIpc) is 2.85. The molecule has 2 aromatic rings. The van der Waals surface area contributed by atoms with Crippen molar-refractivity contribution in [2.75, 3.05) is 55.6 Å². The van der Waals surface area contributed by atoms with Crippen LogP contribution in [0.5, 0.6) is 5.75 Å². The van der Waals surface area contributed by atoms with Gasteiger partial charge in [0, 0.05) is 35.5 Å². The standard InChI is InChI=1S/C24H31BrN6O4S/c1-17(2)29-36(32,33)23-7-5-4-6-20(23)28-31-16-18(25)15-26-24(31)27-21-14-19(8-9-22(21)34-3)30-10-12-35-13-11-30/h4-9,14-15,17,28-29H,10-13,16H2,1-3H3,(H,26,27). The molecule has 2 aromatic carbocycles. The summed E-state index contributed by atoms with van der Waals surface area (Å²) >= 11 is 3.51. The first kappa shape index (κ1) is 26.3. The Morgan fingerprint density at radius 1 is 1.11 bits per heavy atom. The van der Waals surface area contributed by atoms with Crippen LogP contribution in [0.25, 0.3) is 0 Å². The first-order valence-electron chi connectivity index (χ1n) is 11.6. The minimum absolute atomic E-state index is 0.149. The first-order chi connectivity index (χ1) is 17.3. The normalized spacial score (nSPS) is 16.5. The van der Waals surface area contributed by atoms with Gasteiger partial charge in [-0.2, -0.15) is 0 Å². The van der Waals surface area contributed by atoms with Gasteiger partial charge in [-0.1, -0.05) is 28.1 Å². The first-order valence-corrected chi connectivity index (χ1v) is 13.9. The van der Waals surface area contributed by atoms with Gasteiger partial charge in [-0.25, -0.2) is 18.1 Å². The maximum absolute atomic E-state index is 12.9. The Kier molecular flexibility index (Phi) is 8.39. The van der Waals surface area contributed by atoms with Gasteiger partial charge in [-0.3, -0.25) is 10.4 Å². The summed E-state index contributed by atoms with van der Waals surface area (Å²) in [5.41, 5.74) is 5.44. The zero-order valence-electron chi connectivity index (χ0n) is 20.5. The predicted octanol–water partition coefficient (Wildman–Crippen LogP) is 3.57. The maximum atomic E-state index is 12.9. The number of nitrogens with one attached hydrogen (secondary N) is 3. The number of anilines is 3. The molecule has 0 amide bonds. The smallest absolute Gasteiger partial charge is 0.242 e. The summed E-state index contributed by atoms with van der Waals surface area (Å²) in [6.45, 7) is 6.99. The molecule has 0 aliphatic carbocycles. The van der Waals surface area contributed by atoms with E-state index in [1.807, 2.05) is 18.2 Å². The maximum Gasteiger partial charge on any atom is 0.242 e. The van der Waals surface area contributed by atoms with Crippen molar-refractivity contribution in [2.24, 2.45) is 4.99 Å². The van der Waals surface area contributed by atoms with E-state index in [2.05, 4.69) is 41.3 Å². The van der Waals surface area contributed by atoms with Crippen molar-refractivity contribution in [1.82, 2.24) is 9.73 Å². The van der Waals surface area contributed by atoms with Crippen molar-refractivity contribution in [3.63, 3.8) is 0 Å². The van der Waals surface area contributed by atoms with Crippen molar-refractivity contribution in [3.8, 4) is 5.75 Å². The van der Waals surface area contributed by atoms with Crippen LogP contribution < -0.4 is 25.1 Å². The molecule has 0 spiro atoms. The molecule has 3 N–H and O–H groups in total. The molecule has 2 heterocycles. The lowest BCUT2D eigenvalue weighted by Crippen LogP contribution is -2.43. The van der Waals surface area contributed by atoms with Crippen molar-refractivity contribution in [3.05, 3.63) is 53.1 Å². The molecule has 10 nitrogen and oxygen atoms in total. The molecular weight excluding hydrogens is 548 g/mol. The Hall–Kier alpha value is -2.80. The fourth-order valence-electron chi connectivity index (χ4n) is 3.90. The fourth-order valence-corrected chi connectivity index (χ4v) is 5.67. The number of sulfonamides is 1. The Morgan fingerprint density at radius 3 is 2.58 bits per heavy atom. The number of halogens is 1. The van der Waals surface area contributed by atoms with E-state index in [4.69, 9.17) is 9.47 Å². The number of hydrogen-bond donors (Lipinski definition) is 3. The van der Waals surface area contributed by atoms with E-state index in [-0.39, 0.29) is 10.9 Å². The number of morpholine rings is 1. The molecule has 194 valence electrons. The number of benzene rings is 2. The van der Waals surface area contributed by atoms with Crippen LogP contribution in [0.4, 0.5) is 17.1 Å². The number of nitrogens with zero attached hydrogens (tertiary/aromatic N) is 3. The van der Waals surface area contributed by atoms with E-state index in [0.29, 0.717) is 37.2 Å². The quantitative estimate of drug-likeness (QED) is 0.436. The molecule has 1 saturated heterocycles. The third-order valence-corrected chi connectivity index (χ3v) is 7.69. The molecule has 4 rings (SSSR count). The summed E-state index contributed by atoms with van der Waals surface area (Å²) in [7, 11) is -2.10. The zero-order valence-corrected chi connectivity index (χ0v) is 22.9. The lowest BCUT2D eigenvalue weighted by atomic mass is 10.2.